The predicted molar refractivity (Wildman–Crippen MR) is 79.4 cm³/mol. The van der Waals surface area contributed by atoms with Gasteiger partial charge in [0.2, 0.25) is 0 Å². The molecular formula is C14H10BrCl2FO. The number of benzene rings is 2. The van der Waals surface area contributed by atoms with Crippen molar-refractivity contribution in [3.8, 4) is 5.75 Å². The lowest BCUT2D eigenvalue weighted by molar-refractivity contribution is 0.298. The maximum Gasteiger partial charge on any atom is 0.148 e. The molecule has 0 aromatic heterocycles. The lowest BCUT2D eigenvalue weighted by Gasteiger charge is -2.10. The van der Waals surface area contributed by atoms with Crippen LogP contribution in [0.15, 0.2) is 40.9 Å². The summed E-state index contributed by atoms with van der Waals surface area (Å²) in [4.78, 5) is 0. The molecule has 0 radical (unpaired) electrons. The summed E-state index contributed by atoms with van der Waals surface area (Å²) < 4.78 is 20.0. The van der Waals surface area contributed by atoms with E-state index in [1.54, 1.807) is 18.2 Å². The second-order valence-electron chi connectivity index (χ2n) is 3.90. The highest BCUT2D eigenvalue weighted by atomic mass is 79.9. The quantitative estimate of drug-likeness (QED) is 0.646. The van der Waals surface area contributed by atoms with Crippen LogP contribution < -0.4 is 4.74 Å². The second-order valence-corrected chi connectivity index (χ2v) is 5.43. The monoisotopic (exact) mass is 362 g/mol. The van der Waals surface area contributed by atoms with Gasteiger partial charge >= 0.3 is 0 Å². The van der Waals surface area contributed by atoms with Gasteiger partial charge in [-0.25, -0.2) is 4.39 Å². The van der Waals surface area contributed by atoms with Gasteiger partial charge in [-0.2, -0.15) is 0 Å². The molecule has 0 heterocycles. The van der Waals surface area contributed by atoms with Crippen LogP contribution in [0.1, 0.15) is 11.1 Å². The summed E-state index contributed by atoms with van der Waals surface area (Å²) in [6, 6.07) is 10.4. The Morgan fingerprint density at radius 2 is 2.00 bits per heavy atom. The molecule has 0 aliphatic heterocycles. The van der Waals surface area contributed by atoms with Crippen molar-refractivity contribution in [2.45, 2.75) is 12.5 Å². The zero-order valence-electron chi connectivity index (χ0n) is 9.80. The minimum Gasteiger partial charge on any atom is -0.488 e. The molecule has 2 aromatic rings. The number of hydrogen-bond donors (Lipinski definition) is 0. The Bertz CT molecular complexity index is 590. The van der Waals surface area contributed by atoms with Crippen molar-refractivity contribution < 1.29 is 9.13 Å². The van der Waals surface area contributed by atoms with E-state index in [4.69, 9.17) is 27.9 Å². The summed E-state index contributed by atoms with van der Waals surface area (Å²) in [6.07, 6.45) is 0. The second kappa shape index (κ2) is 6.60. The lowest BCUT2D eigenvalue weighted by atomic mass is 10.2. The molecule has 0 amide bonds. The molecule has 1 nitrogen and oxygen atoms in total. The smallest absolute Gasteiger partial charge is 0.148 e. The van der Waals surface area contributed by atoms with E-state index in [-0.39, 0.29) is 11.6 Å². The molecule has 0 saturated heterocycles. The zero-order valence-corrected chi connectivity index (χ0v) is 12.9. The summed E-state index contributed by atoms with van der Waals surface area (Å²) in [6.45, 7) is 0.116. The van der Waals surface area contributed by atoms with Crippen LogP contribution in [0.2, 0.25) is 5.02 Å². The van der Waals surface area contributed by atoms with E-state index in [1.807, 2.05) is 12.1 Å². The van der Waals surface area contributed by atoms with E-state index >= 15 is 0 Å². The number of alkyl halides is 1. The highest BCUT2D eigenvalue weighted by molar-refractivity contribution is 9.10. The third kappa shape index (κ3) is 3.62. The first kappa shape index (κ1) is 14.6. The van der Waals surface area contributed by atoms with Gasteiger partial charge < -0.3 is 4.74 Å². The molecule has 0 fully saturated rings. The third-order valence-electron chi connectivity index (χ3n) is 2.57. The molecule has 19 heavy (non-hydrogen) atoms. The van der Waals surface area contributed by atoms with Crippen LogP contribution in [0.5, 0.6) is 5.75 Å². The third-order valence-corrected chi connectivity index (χ3v) is 3.79. The fraction of sp³-hybridized carbons (Fsp3) is 0.143. The van der Waals surface area contributed by atoms with Gasteiger partial charge in [0.15, 0.2) is 0 Å². The van der Waals surface area contributed by atoms with Gasteiger partial charge in [0, 0.05) is 11.4 Å². The number of ether oxygens (including phenoxy) is 1. The summed E-state index contributed by atoms with van der Waals surface area (Å²) in [7, 11) is 0. The molecular weight excluding hydrogens is 354 g/mol. The molecule has 0 saturated carbocycles. The number of hydrogen-bond acceptors (Lipinski definition) is 1. The van der Waals surface area contributed by atoms with E-state index < -0.39 is 5.82 Å². The molecule has 0 aliphatic rings. The SMILES string of the molecule is Fc1c(Cl)cccc1COc1ccc(CCl)cc1Br. The van der Waals surface area contributed by atoms with Crippen LogP contribution in [0, 0.1) is 5.82 Å². The minimum absolute atomic E-state index is 0.0950. The highest BCUT2D eigenvalue weighted by Gasteiger charge is 2.08. The number of halogens is 4. The largest absolute Gasteiger partial charge is 0.488 e. The van der Waals surface area contributed by atoms with E-state index in [2.05, 4.69) is 15.9 Å². The Hall–Kier alpha value is -0.770. The minimum atomic E-state index is -0.447. The normalized spacial score (nSPS) is 10.5. The Labute approximate surface area is 129 Å². The van der Waals surface area contributed by atoms with Crippen molar-refractivity contribution in [2.24, 2.45) is 0 Å². The van der Waals surface area contributed by atoms with E-state index in [0.717, 1.165) is 10.0 Å². The van der Waals surface area contributed by atoms with Gasteiger partial charge in [0.25, 0.3) is 0 Å². The highest BCUT2D eigenvalue weighted by Crippen LogP contribution is 2.28. The summed E-state index contributed by atoms with van der Waals surface area (Å²) in [5, 5.41) is 0.0950. The van der Waals surface area contributed by atoms with Crippen molar-refractivity contribution >= 4 is 39.1 Å². The maximum absolute atomic E-state index is 13.7. The first-order chi connectivity index (χ1) is 9.11. The summed E-state index contributed by atoms with van der Waals surface area (Å²) >= 11 is 14.8. The maximum atomic E-state index is 13.7. The molecule has 0 atom stereocenters. The van der Waals surface area contributed by atoms with Crippen LogP contribution in [0.25, 0.3) is 0 Å². The fourth-order valence-electron chi connectivity index (χ4n) is 1.56. The Morgan fingerprint density at radius 3 is 2.68 bits per heavy atom. The standard InChI is InChI=1S/C14H10BrCl2FO/c15-11-6-9(7-16)4-5-13(11)19-8-10-2-1-3-12(17)14(10)18/h1-6H,7-8H2. The molecule has 2 aromatic carbocycles. The molecule has 2 rings (SSSR count). The zero-order chi connectivity index (χ0) is 13.8. The van der Waals surface area contributed by atoms with Crippen LogP contribution in [-0.4, -0.2) is 0 Å². The van der Waals surface area contributed by atoms with Crippen molar-refractivity contribution in [1.82, 2.24) is 0 Å². The van der Waals surface area contributed by atoms with Gasteiger partial charge in [-0.1, -0.05) is 29.8 Å². The van der Waals surface area contributed by atoms with E-state index in [9.17, 15) is 4.39 Å². The van der Waals surface area contributed by atoms with Gasteiger partial charge in [0.05, 0.1) is 9.50 Å². The van der Waals surface area contributed by atoms with Crippen LogP contribution in [0.3, 0.4) is 0 Å². The van der Waals surface area contributed by atoms with Crippen LogP contribution >= 0.6 is 39.1 Å². The van der Waals surface area contributed by atoms with Gasteiger partial charge in [-0.15, -0.1) is 11.6 Å². The molecule has 0 spiro atoms. The molecule has 0 bridgehead atoms. The van der Waals surface area contributed by atoms with E-state index in [1.165, 1.54) is 6.07 Å². The lowest BCUT2D eigenvalue weighted by Crippen LogP contribution is -1.99. The van der Waals surface area contributed by atoms with Gasteiger partial charge in [-0.05, 0) is 39.7 Å². The van der Waals surface area contributed by atoms with Gasteiger partial charge in [-0.3, -0.25) is 0 Å². The summed E-state index contributed by atoms with van der Waals surface area (Å²) in [5.41, 5.74) is 1.40. The van der Waals surface area contributed by atoms with E-state index in [0.29, 0.717) is 17.2 Å². The molecule has 0 N–H and O–H groups in total. The van der Waals surface area contributed by atoms with Crippen LogP contribution in [-0.2, 0) is 12.5 Å². The average Bonchev–Trinajstić information content (AvgIpc) is 2.41. The van der Waals surface area contributed by atoms with Crippen molar-refractivity contribution in [3.63, 3.8) is 0 Å². The fourth-order valence-corrected chi connectivity index (χ4v) is 2.46. The first-order valence-electron chi connectivity index (χ1n) is 5.52. The average molecular weight is 364 g/mol. The summed E-state index contributed by atoms with van der Waals surface area (Å²) in [5.74, 6) is 0.618. The predicted octanol–water partition coefficient (Wildman–Crippen LogP) is 5.56. The topological polar surface area (TPSA) is 9.23 Å². The van der Waals surface area contributed by atoms with Crippen LogP contribution in [0.4, 0.5) is 4.39 Å². The molecule has 0 aliphatic carbocycles. The van der Waals surface area contributed by atoms with Gasteiger partial charge in [0.1, 0.15) is 18.2 Å². The Kier molecular flexibility index (Phi) is 5.08. The van der Waals surface area contributed by atoms with Crippen molar-refractivity contribution in [1.29, 1.82) is 0 Å². The first-order valence-corrected chi connectivity index (χ1v) is 7.22. The molecule has 0 unspecified atom stereocenters. The molecule has 5 heteroatoms. The van der Waals surface area contributed by atoms with Crippen molar-refractivity contribution in [3.05, 3.63) is 62.8 Å². The Balaban J connectivity index is 2.12. The van der Waals surface area contributed by atoms with Crippen molar-refractivity contribution in [2.75, 3.05) is 0 Å². The Morgan fingerprint density at radius 1 is 1.21 bits per heavy atom. The number of rotatable bonds is 4. The molecule has 100 valence electrons.